The summed E-state index contributed by atoms with van der Waals surface area (Å²) in [4.78, 5) is 7.03. The number of hydrogen-bond donors (Lipinski definition) is 2. The Hall–Kier alpha value is -1.88. The lowest BCUT2D eigenvalue weighted by Gasteiger charge is -2.31. The van der Waals surface area contributed by atoms with E-state index >= 15 is 0 Å². The first-order chi connectivity index (χ1) is 10.3. The van der Waals surface area contributed by atoms with Gasteiger partial charge in [0.15, 0.2) is 0 Å². The van der Waals surface area contributed by atoms with Crippen molar-refractivity contribution in [3.8, 4) is 0 Å². The number of piperidine rings is 1. The third kappa shape index (κ3) is 2.21. The van der Waals surface area contributed by atoms with Gasteiger partial charge < -0.3 is 10.2 Å². The number of fused-ring (bicyclic) bond motifs is 1. The van der Waals surface area contributed by atoms with Crippen LogP contribution in [0.1, 0.15) is 35.7 Å². The van der Waals surface area contributed by atoms with Crippen LogP contribution < -0.4 is 10.2 Å². The standard InChI is InChI=1S/C16H21N5/c1-17-12-6-8-21(9-7-12)16-18-15(19-20-16)14-10-11-4-2-3-5-13(11)14/h2-5,12,14,17H,6-10H2,1H3,(H,18,19,20). The molecule has 0 saturated carbocycles. The summed E-state index contributed by atoms with van der Waals surface area (Å²) in [7, 11) is 2.04. The molecule has 2 aliphatic rings. The zero-order valence-electron chi connectivity index (χ0n) is 12.3. The van der Waals surface area contributed by atoms with Crippen LogP contribution in [-0.4, -0.2) is 41.4 Å². The van der Waals surface area contributed by atoms with E-state index in [-0.39, 0.29) is 0 Å². The van der Waals surface area contributed by atoms with E-state index < -0.39 is 0 Å². The predicted octanol–water partition coefficient (Wildman–Crippen LogP) is 1.68. The molecule has 0 bridgehead atoms. The van der Waals surface area contributed by atoms with E-state index in [0.29, 0.717) is 12.0 Å². The maximum absolute atomic E-state index is 4.74. The van der Waals surface area contributed by atoms with Gasteiger partial charge >= 0.3 is 0 Å². The minimum absolute atomic E-state index is 0.400. The van der Waals surface area contributed by atoms with Gasteiger partial charge in [0.1, 0.15) is 5.82 Å². The molecule has 110 valence electrons. The van der Waals surface area contributed by atoms with Crippen molar-refractivity contribution in [3.63, 3.8) is 0 Å². The van der Waals surface area contributed by atoms with E-state index in [2.05, 4.69) is 44.7 Å². The number of benzene rings is 1. The summed E-state index contributed by atoms with van der Waals surface area (Å²) in [5.41, 5.74) is 2.84. The molecule has 1 unspecified atom stereocenters. The molecule has 1 aliphatic heterocycles. The Morgan fingerprint density at radius 1 is 1.24 bits per heavy atom. The van der Waals surface area contributed by atoms with Gasteiger partial charge in [-0.2, -0.15) is 4.98 Å². The monoisotopic (exact) mass is 283 g/mol. The maximum atomic E-state index is 4.74. The smallest absolute Gasteiger partial charge is 0.244 e. The molecule has 5 heteroatoms. The van der Waals surface area contributed by atoms with Gasteiger partial charge in [0.25, 0.3) is 0 Å². The zero-order chi connectivity index (χ0) is 14.2. The largest absolute Gasteiger partial charge is 0.339 e. The molecule has 1 atom stereocenters. The molecule has 1 aliphatic carbocycles. The normalized spacial score (nSPS) is 22.0. The number of nitrogens with zero attached hydrogens (tertiary/aromatic N) is 3. The number of nitrogens with one attached hydrogen (secondary N) is 2. The highest BCUT2D eigenvalue weighted by atomic mass is 15.4. The first kappa shape index (κ1) is 12.8. The molecule has 1 aromatic heterocycles. The second-order valence-electron chi connectivity index (χ2n) is 6.03. The molecule has 5 nitrogen and oxygen atoms in total. The van der Waals surface area contributed by atoms with Crippen LogP contribution in [-0.2, 0) is 6.42 Å². The van der Waals surface area contributed by atoms with Gasteiger partial charge in [0.05, 0.1) is 0 Å². The highest BCUT2D eigenvalue weighted by molar-refractivity contribution is 5.45. The second kappa shape index (κ2) is 5.15. The van der Waals surface area contributed by atoms with E-state index in [0.717, 1.165) is 44.1 Å². The van der Waals surface area contributed by atoms with Crippen molar-refractivity contribution in [2.75, 3.05) is 25.0 Å². The van der Waals surface area contributed by atoms with Gasteiger partial charge in [0.2, 0.25) is 5.95 Å². The van der Waals surface area contributed by atoms with Crippen LogP contribution in [0.5, 0.6) is 0 Å². The molecule has 2 aromatic rings. The number of aromatic nitrogens is 3. The molecule has 21 heavy (non-hydrogen) atoms. The zero-order valence-corrected chi connectivity index (χ0v) is 12.3. The predicted molar refractivity (Wildman–Crippen MR) is 82.7 cm³/mol. The van der Waals surface area contributed by atoms with E-state index in [1.54, 1.807) is 0 Å². The summed E-state index contributed by atoms with van der Waals surface area (Å²) in [6.45, 7) is 2.06. The van der Waals surface area contributed by atoms with Crippen molar-refractivity contribution in [2.45, 2.75) is 31.2 Å². The van der Waals surface area contributed by atoms with Crippen LogP contribution in [0.2, 0.25) is 0 Å². The lowest BCUT2D eigenvalue weighted by atomic mass is 9.77. The minimum atomic E-state index is 0.400. The molecule has 0 radical (unpaired) electrons. The third-order valence-corrected chi connectivity index (χ3v) is 4.86. The molecule has 1 saturated heterocycles. The first-order valence-corrected chi connectivity index (χ1v) is 7.77. The second-order valence-corrected chi connectivity index (χ2v) is 6.03. The molecule has 1 fully saturated rings. The summed E-state index contributed by atoms with van der Waals surface area (Å²) in [6, 6.07) is 9.24. The first-order valence-electron chi connectivity index (χ1n) is 7.77. The fraction of sp³-hybridized carbons (Fsp3) is 0.500. The molecule has 0 spiro atoms. The van der Waals surface area contributed by atoms with E-state index in [9.17, 15) is 0 Å². The van der Waals surface area contributed by atoms with Crippen molar-refractivity contribution in [1.82, 2.24) is 20.5 Å². The lowest BCUT2D eigenvalue weighted by Crippen LogP contribution is -2.41. The summed E-state index contributed by atoms with van der Waals surface area (Å²) in [5.74, 6) is 2.28. The van der Waals surface area contributed by atoms with E-state index in [1.807, 2.05) is 7.05 Å². The molecule has 2 N–H and O–H groups in total. The Balaban J connectivity index is 1.48. The average Bonchev–Trinajstić information content (AvgIpc) is 2.98. The van der Waals surface area contributed by atoms with Gasteiger partial charge in [-0.05, 0) is 37.4 Å². The van der Waals surface area contributed by atoms with E-state index in [4.69, 9.17) is 4.98 Å². The van der Waals surface area contributed by atoms with Crippen molar-refractivity contribution >= 4 is 5.95 Å². The van der Waals surface area contributed by atoms with Crippen LogP contribution in [0.3, 0.4) is 0 Å². The van der Waals surface area contributed by atoms with Crippen molar-refractivity contribution in [1.29, 1.82) is 0 Å². The highest BCUT2D eigenvalue weighted by Gasteiger charge is 2.30. The number of hydrogen-bond acceptors (Lipinski definition) is 4. The average molecular weight is 283 g/mol. The Bertz CT molecular complexity index is 627. The fourth-order valence-corrected chi connectivity index (χ4v) is 3.43. The van der Waals surface area contributed by atoms with Gasteiger partial charge in [0, 0.05) is 25.0 Å². The van der Waals surface area contributed by atoms with Crippen LogP contribution >= 0.6 is 0 Å². The van der Waals surface area contributed by atoms with Gasteiger partial charge in [-0.15, -0.1) is 5.10 Å². The fourth-order valence-electron chi connectivity index (χ4n) is 3.43. The van der Waals surface area contributed by atoms with Gasteiger partial charge in [-0.25, -0.2) is 0 Å². The molecular formula is C16H21N5. The van der Waals surface area contributed by atoms with Crippen molar-refractivity contribution in [3.05, 3.63) is 41.2 Å². The highest BCUT2D eigenvalue weighted by Crippen LogP contribution is 2.38. The van der Waals surface area contributed by atoms with Crippen LogP contribution in [0, 0.1) is 0 Å². The summed E-state index contributed by atoms with van der Waals surface area (Å²) >= 11 is 0. The van der Waals surface area contributed by atoms with Crippen LogP contribution in [0.4, 0.5) is 5.95 Å². The van der Waals surface area contributed by atoms with Gasteiger partial charge in [-0.1, -0.05) is 24.3 Å². The van der Waals surface area contributed by atoms with E-state index in [1.165, 1.54) is 11.1 Å². The van der Waals surface area contributed by atoms with Crippen molar-refractivity contribution < 1.29 is 0 Å². The molecule has 0 amide bonds. The van der Waals surface area contributed by atoms with Crippen LogP contribution in [0.25, 0.3) is 0 Å². The maximum Gasteiger partial charge on any atom is 0.244 e. The topological polar surface area (TPSA) is 56.8 Å². The molecule has 4 rings (SSSR count). The number of rotatable bonds is 3. The number of anilines is 1. The Morgan fingerprint density at radius 2 is 2.05 bits per heavy atom. The quantitative estimate of drug-likeness (QED) is 0.900. The summed E-state index contributed by atoms with van der Waals surface area (Å²) < 4.78 is 0. The summed E-state index contributed by atoms with van der Waals surface area (Å²) in [6.07, 6.45) is 3.39. The minimum Gasteiger partial charge on any atom is -0.339 e. The van der Waals surface area contributed by atoms with Crippen LogP contribution in [0.15, 0.2) is 24.3 Å². The molecule has 2 heterocycles. The van der Waals surface area contributed by atoms with Gasteiger partial charge in [-0.3, -0.25) is 5.10 Å². The van der Waals surface area contributed by atoms with Crippen molar-refractivity contribution in [2.24, 2.45) is 0 Å². The molecular weight excluding hydrogens is 262 g/mol. The Labute approximate surface area is 124 Å². The number of aromatic amines is 1. The summed E-state index contributed by atoms with van der Waals surface area (Å²) in [5, 5.41) is 10.9. The third-order valence-electron chi connectivity index (χ3n) is 4.86. The number of H-pyrrole nitrogens is 1. The lowest BCUT2D eigenvalue weighted by molar-refractivity contribution is 0.439. The molecule has 1 aromatic carbocycles. The SMILES string of the molecule is CNC1CCN(c2n[nH]c(C3Cc4ccccc43)n2)CC1. The Kier molecular flexibility index (Phi) is 3.15. The Morgan fingerprint density at radius 3 is 2.81 bits per heavy atom.